The number of H-pyrrole nitrogens is 1. The van der Waals surface area contributed by atoms with Gasteiger partial charge in [-0.3, -0.25) is 9.59 Å². The molecule has 1 aromatic heterocycles. The van der Waals surface area contributed by atoms with Gasteiger partial charge in [-0.25, -0.2) is 0 Å². The van der Waals surface area contributed by atoms with E-state index in [0.717, 1.165) is 42.5 Å². The standard InChI is InChI=1S/C30H37N3O4/c1-3-37-21-9-20-33(30(35)27-19-18-26(32-27)22-10-5-4-6-11-22)28(23-14-16-25(36-2)17-15-23)29(34)31-24-12-7-8-13-24/h4-6,10-11,14-19,24,28,32H,3,7-9,12-13,20-21H2,1-2H3,(H,31,34)/t28-/m0/s1. The average Bonchev–Trinajstić information content (AvgIpc) is 3.63. The molecular formula is C30H37N3O4. The zero-order valence-corrected chi connectivity index (χ0v) is 21.7. The van der Waals surface area contributed by atoms with Crippen molar-refractivity contribution in [1.82, 2.24) is 15.2 Å². The first kappa shape index (κ1) is 26.5. The number of rotatable bonds is 12. The molecule has 0 radical (unpaired) electrons. The second-order valence-corrected chi connectivity index (χ2v) is 9.37. The Morgan fingerprint density at radius 3 is 2.43 bits per heavy atom. The monoisotopic (exact) mass is 503 g/mol. The summed E-state index contributed by atoms with van der Waals surface area (Å²) in [6.07, 6.45) is 4.78. The molecular weight excluding hydrogens is 466 g/mol. The van der Waals surface area contributed by atoms with Gasteiger partial charge in [-0.1, -0.05) is 55.3 Å². The molecule has 0 bridgehead atoms. The molecule has 1 aliphatic rings. The molecule has 2 aromatic carbocycles. The van der Waals surface area contributed by atoms with Gasteiger partial charge in [0.15, 0.2) is 0 Å². The lowest BCUT2D eigenvalue weighted by atomic mass is 10.0. The third kappa shape index (κ3) is 6.80. The number of aromatic amines is 1. The van der Waals surface area contributed by atoms with Crippen molar-refractivity contribution in [2.45, 2.75) is 51.1 Å². The van der Waals surface area contributed by atoms with Gasteiger partial charge in [0.05, 0.1) is 7.11 Å². The molecule has 2 N–H and O–H groups in total. The fourth-order valence-corrected chi connectivity index (χ4v) is 4.90. The second-order valence-electron chi connectivity index (χ2n) is 9.37. The van der Waals surface area contributed by atoms with Crippen LogP contribution in [0.1, 0.15) is 61.1 Å². The fraction of sp³-hybridized carbons (Fsp3) is 0.400. The number of amides is 2. The molecule has 3 aromatic rings. The number of nitrogens with zero attached hydrogens (tertiary/aromatic N) is 1. The van der Waals surface area contributed by atoms with E-state index in [2.05, 4.69) is 10.3 Å². The molecule has 7 nitrogen and oxygen atoms in total. The molecule has 2 amide bonds. The van der Waals surface area contributed by atoms with Crippen molar-refractivity contribution in [2.24, 2.45) is 0 Å². The second kappa shape index (κ2) is 13.1. The molecule has 196 valence electrons. The van der Waals surface area contributed by atoms with Crippen LogP contribution in [0.2, 0.25) is 0 Å². The van der Waals surface area contributed by atoms with Crippen LogP contribution >= 0.6 is 0 Å². The summed E-state index contributed by atoms with van der Waals surface area (Å²) >= 11 is 0. The minimum atomic E-state index is -0.774. The summed E-state index contributed by atoms with van der Waals surface area (Å²) < 4.78 is 10.9. The van der Waals surface area contributed by atoms with Crippen LogP contribution in [0.5, 0.6) is 5.75 Å². The lowest BCUT2D eigenvalue weighted by molar-refractivity contribution is -0.126. The molecule has 0 spiro atoms. The van der Waals surface area contributed by atoms with Crippen molar-refractivity contribution in [2.75, 3.05) is 26.9 Å². The van der Waals surface area contributed by atoms with Gasteiger partial charge in [0, 0.05) is 31.5 Å². The molecule has 1 saturated carbocycles. The van der Waals surface area contributed by atoms with Gasteiger partial charge in [-0.2, -0.15) is 0 Å². The summed E-state index contributed by atoms with van der Waals surface area (Å²) in [7, 11) is 1.61. The number of carbonyl (C=O) groups excluding carboxylic acids is 2. The maximum absolute atomic E-state index is 14.0. The van der Waals surface area contributed by atoms with Crippen LogP contribution in [0.3, 0.4) is 0 Å². The highest BCUT2D eigenvalue weighted by atomic mass is 16.5. The minimum absolute atomic E-state index is 0.142. The van der Waals surface area contributed by atoms with E-state index in [1.165, 1.54) is 0 Å². The fourth-order valence-electron chi connectivity index (χ4n) is 4.90. The molecule has 1 aliphatic carbocycles. The van der Waals surface area contributed by atoms with Gasteiger partial charge in [-0.15, -0.1) is 0 Å². The SMILES string of the molecule is CCOCCCN(C(=O)c1ccc(-c2ccccc2)[nH]1)[C@H](C(=O)NC1CCCC1)c1ccc(OC)cc1. The minimum Gasteiger partial charge on any atom is -0.497 e. The average molecular weight is 504 g/mol. The van der Waals surface area contributed by atoms with Crippen LogP contribution in [0, 0.1) is 0 Å². The Kier molecular flexibility index (Phi) is 9.38. The third-order valence-corrected chi connectivity index (χ3v) is 6.85. The number of nitrogens with one attached hydrogen (secondary N) is 2. The lowest BCUT2D eigenvalue weighted by Crippen LogP contribution is -2.46. The molecule has 1 heterocycles. The molecule has 1 fully saturated rings. The Bertz CT molecular complexity index is 1140. The van der Waals surface area contributed by atoms with Gasteiger partial charge in [0.2, 0.25) is 5.91 Å². The van der Waals surface area contributed by atoms with Crippen molar-refractivity contribution in [3.63, 3.8) is 0 Å². The number of methoxy groups -OCH3 is 1. The summed E-state index contributed by atoms with van der Waals surface area (Å²) in [5.41, 5.74) is 3.04. The van der Waals surface area contributed by atoms with Crippen LogP contribution < -0.4 is 10.1 Å². The van der Waals surface area contributed by atoms with Crippen LogP contribution in [-0.2, 0) is 9.53 Å². The highest BCUT2D eigenvalue weighted by molar-refractivity contribution is 5.97. The number of hydrogen-bond acceptors (Lipinski definition) is 4. The van der Waals surface area contributed by atoms with Crippen LogP contribution in [-0.4, -0.2) is 54.6 Å². The highest BCUT2D eigenvalue weighted by Crippen LogP contribution is 2.28. The smallest absolute Gasteiger partial charge is 0.271 e. The maximum atomic E-state index is 14.0. The van der Waals surface area contributed by atoms with E-state index in [1.807, 2.05) is 67.6 Å². The van der Waals surface area contributed by atoms with E-state index in [1.54, 1.807) is 18.1 Å². The molecule has 0 saturated heterocycles. The van der Waals surface area contributed by atoms with E-state index in [9.17, 15) is 9.59 Å². The number of carbonyl (C=O) groups is 2. The zero-order chi connectivity index (χ0) is 26.0. The van der Waals surface area contributed by atoms with Gasteiger partial charge in [0.1, 0.15) is 17.5 Å². The van der Waals surface area contributed by atoms with E-state index in [4.69, 9.17) is 9.47 Å². The van der Waals surface area contributed by atoms with Crippen LogP contribution in [0.15, 0.2) is 66.7 Å². The molecule has 4 rings (SSSR count). The predicted octanol–water partition coefficient (Wildman–Crippen LogP) is 5.36. The Morgan fingerprint density at radius 2 is 1.76 bits per heavy atom. The number of benzene rings is 2. The topological polar surface area (TPSA) is 83.7 Å². The summed E-state index contributed by atoms with van der Waals surface area (Å²) in [5.74, 6) is 0.322. The number of hydrogen-bond donors (Lipinski definition) is 2. The van der Waals surface area contributed by atoms with Gasteiger partial charge >= 0.3 is 0 Å². The van der Waals surface area contributed by atoms with Gasteiger partial charge in [-0.05, 0) is 61.6 Å². The number of ether oxygens (including phenoxy) is 2. The van der Waals surface area contributed by atoms with Crippen molar-refractivity contribution in [3.05, 3.63) is 78.0 Å². The lowest BCUT2D eigenvalue weighted by Gasteiger charge is -2.32. The van der Waals surface area contributed by atoms with Crippen LogP contribution in [0.25, 0.3) is 11.3 Å². The summed E-state index contributed by atoms with van der Waals surface area (Å²) in [5, 5.41) is 3.22. The maximum Gasteiger partial charge on any atom is 0.271 e. The Labute approximate surface area is 219 Å². The van der Waals surface area contributed by atoms with E-state index >= 15 is 0 Å². The first-order chi connectivity index (χ1) is 18.1. The van der Waals surface area contributed by atoms with Gasteiger partial charge < -0.3 is 24.7 Å². The quantitative estimate of drug-likeness (QED) is 0.326. The highest BCUT2D eigenvalue weighted by Gasteiger charge is 2.34. The molecule has 7 heteroatoms. The summed E-state index contributed by atoms with van der Waals surface area (Å²) in [4.78, 5) is 32.7. The molecule has 37 heavy (non-hydrogen) atoms. The van der Waals surface area contributed by atoms with E-state index in [0.29, 0.717) is 37.6 Å². The first-order valence-corrected chi connectivity index (χ1v) is 13.2. The van der Waals surface area contributed by atoms with Gasteiger partial charge in [0.25, 0.3) is 5.91 Å². The largest absolute Gasteiger partial charge is 0.497 e. The normalized spacial score (nSPS) is 14.3. The van der Waals surface area contributed by atoms with E-state index < -0.39 is 6.04 Å². The number of aromatic nitrogens is 1. The van der Waals surface area contributed by atoms with Crippen LogP contribution in [0.4, 0.5) is 0 Å². The third-order valence-electron chi connectivity index (χ3n) is 6.85. The van der Waals surface area contributed by atoms with Crippen molar-refractivity contribution in [3.8, 4) is 17.0 Å². The Morgan fingerprint density at radius 1 is 1.03 bits per heavy atom. The van der Waals surface area contributed by atoms with Crippen molar-refractivity contribution < 1.29 is 19.1 Å². The molecule has 0 aliphatic heterocycles. The summed E-state index contributed by atoms with van der Waals surface area (Å²) in [6, 6.07) is 20.3. The molecule has 1 atom stereocenters. The predicted molar refractivity (Wildman–Crippen MR) is 145 cm³/mol. The Balaban J connectivity index is 1.66. The first-order valence-electron chi connectivity index (χ1n) is 13.2. The zero-order valence-electron chi connectivity index (χ0n) is 21.7. The van der Waals surface area contributed by atoms with Crippen molar-refractivity contribution in [1.29, 1.82) is 0 Å². The van der Waals surface area contributed by atoms with E-state index in [-0.39, 0.29) is 17.9 Å². The van der Waals surface area contributed by atoms with Crippen molar-refractivity contribution >= 4 is 11.8 Å². The Hall–Kier alpha value is -3.58. The summed E-state index contributed by atoms with van der Waals surface area (Å²) in [6.45, 7) is 3.45. The molecule has 0 unspecified atom stereocenters.